The number of sulfone groups is 1. The lowest BCUT2D eigenvalue weighted by Crippen LogP contribution is -2.28. The molecule has 0 fully saturated rings. The Morgan fingerprint density at radius 2 is 1.84 bits per heavy atom. The monoisotopic (exact) mass is 395 g/mol. The predicted octanol–water partition coefficient (Wildman–Crippen LogP) is 4.47. The zero-order valence-corrected chi connectivity index (χ0v) is 15.9. The molecule has 0 aliphatic carbocycles. The number of furan rings is 1. The summed E-state index contributed by atoms with van der Waals surface area (Å²) < 4.78 is 30.5. The Balaban J connectivity index is 1.69. The van der Waals surface area contributed by atoms with E-state index in [2.05, 4.69) is 4.90 Å². The molecule has 4 nitrogen and oxygen atoms in total. The maximum Gasteiger partial charge on any atom is 0.179 e. The zero-order chi connectivity index (χ0) is 17.7. The van der Waals surface area contributed by atoms with Gasteiger partial charge in [0.15, 0.2) is 9.84 Å². The fraction of sp³-hybridized carbons (Fsp3) is 0.222. The molecule has 3 aromatic rings. The summed E-state index contributed by atoms with van der Waals surface area (Å²) in [5.74, 6) is 0.862. The highest BCUT2D eigenvalue weighted by molar-refractivity contribution is 7.91. The minimum Gasteiger partial charge on any atom is -0.468 e. The molecule has 0 aliphatic heterocycles. The molecule has 0 N–H and O–H groups in total. The molecule has 0 amide bonds. The number of nitrogens with zero attached hydrogens (tertiary/aromatic N) is 1. The second kappa shape index (κ2) is 8.19. The molecule has 7 heteroatoms. The van der Waals surface area contributed by atoms with Crippen LogP contribution >= 0.6 is 22.9 Å². The van der Waals surface area contributed by atoms with E-state index in [1.54, 1.807) is 41.9 Å². The van der Waals surface area contributed by atoms with Gasteiger partial charge >= 0.3 is 0 Å². The van der Waals surface area contributed by atoms with E-state index in [-0.39, 0.29) is 5.75 Å². The molecule has 0 saturated heterocycles. The second-order valence-corrected chi connectivity index (χ2v) is 9.22. The maximum atomic E-state index is 12.6. The van der Waals surface area contributed by atoms with Crippen LogP contribution < -0.4 is 0 Å². The van der Waals surface area contributed by atoms with Crippen molar-refractivity contribution in [3.8, 4) is 0 Å². The summed E-state index contributed by atoms with van der Waals surface area (Å²) in [5, 5.41) is 2.54. The normalized spacial score (nSPS) is 11.9. The van der Waals surface area contributed by atoms with E-state index in [4.69, 9.17) is 16.0 Å². The van der Waals surface area contributed by atoms with Crippen LogP contribution in [0.1, 0.15) is 10.6 Å². The van der Waals surface area contributed by atoms with Gasteiger partial charge in [-0.15, -0.1) is 11.3 Å². The van der Waals surface area contributed by atoms with Crippen molar-refractivity contribution in [2.45, 2.75) is 18.0 Å². The third-order valence-corrected chi connectivity index (χ3v) is 6.59. The summed E-state index contributed by atoms with van der Waals surface area (Å²) in [6, 6.07) is 14.1. The molecular weight excluding hydrogens is 378 g/mol. The number of hydrogen-bond acceptors (Lipinski definition) is 5. The van der Waals surface area contributed by atoms with E-state index >= 15 is 0 Å². The molecule has 0 bridgehead atoms. The van der Waals surface area contributed by atoms with Crippen LogP contribution in [0.3, 0.4) is 0 Å². The maximum absolute atomic E-state index is 12.6. The summed E-state index contributed by atoms with van der Waals surface area (Å²) >= 11 is 7.49. The van der Waals surface area contributed by atoms with Crippen molar-refractivity contribution in [2.75, 3.05) is 12.3 Å². The Morgan fingerprint density at radius 1 is 1.04 bits per heavy atom. The van der Waals surface area contributed by atoms with Gasteiger partial charge in [0.2, 0.25) is 0 Å². The molecule has 2 aromatic heterocycles. The molecule has 3 rings (SSSR count). The minimum atomic E-state index is -3.36. The van der Waals surface area contributed by atoms with Crippen molar-refractivity contribution in [1.82, 2.24) is 4.90 Å². The highest BCUT2D eigenvalue weighted by Crippen LogP contribution is 2.18. The zero-order valence-electron chi connectivity index (χ0n) is 13.5. The predicted molar refractivity (Wildman–Crippen MR) is 101 cm³/mol. The van der Waals surface area contributed by atoms with Gasteiger partial charge in [-0.3, -0.25) is 4.90 Å². The van der Waals surface area contributed by atoms with Gasteiger partial charge in [0.25, 0.3) is 0 Å². The van der Waals surface area contributed by atoms with Crippen molar-refractivity contribution < 1.29 is 12.8 Å². The fourth-order valence-electron chi connectivity index (χ4n) is 2.47. The van der Waals surface area contributed by atoms with Gasteiger partial charge in [0, 0.05) is 23.0 Å². The third-order valence-electron chi connectivity index (χ3n) is 3.77. The number of rotatable bonds is 8. The minimum absolute atomic E-state index is 0.0424. The molecule has 0 unspecified atom stereocenters. The molecule has 0 saturated carbocycles. The Morgan fingerprint density at radius 3 is 2.48 bits per heavy atom. The van der Waals surface area contributed by atoms with E-state index in [1.165, 1.54) is 4.88 Å². The average Bonchev–Trinajstić information content (AvgIpc) is 3.27. The first kappa shape index (κ1) is 18.2. The topological polar surface area (TPSA) is 50.5 Å². The van der Waals surface area contributed by atoms with Crippen LogP contribution in [-0.4, -0.2) is 25.6 Å². The van der Waals surface area contributed by atoms with Gasteiger partial charge in [-0.1, -0.05) is 17.7 Å². The number of hydrogen-bond donors (Lipinski definition) is 0. The molecular formula is C18H18ClNO3S2. The molecule has 0 radical (unpaired) electrons. The van der Waals surface area contributed by atoms with E-state index in [0.29, 0.717) is 29.6 Å². The summed E-state index contributed by atoms with van der Waals surface area (Å²) in [6.07, 6.45) is 1.63. The lowest BCUT2D eigenvalue weighted by Gasteiger charge is -2.20. The van der Waals surface area contributed by atoms with E-state index < -0.39 is 9.84 Å². The fourth-order valence-corrected chi connectivity index (χ4v) is 4.63. The third kappa shape index (κ3) is 5.19. The largest absolute Gasteiger partial charge is 0.468 e. The van der Waals surface area contributed by atoms with Crippen LogP contribution in [0.15, 0.2) is 69.5 Å². The Kier molecular flexibility index (Phi) is 5.96. The van der Waals surface area contributed by atoms with Crippen LogP contribution in [0.5, 0.6) is 0 Å². The first-order valence-electron chi connectivity index (χ1n) is 7.78. The van der Waals surface area contributed by atoms with Gasteiger partial charge in [0.1, 0.15) is 5.76 Å². The van der Waals surface area contributed by atoms with Gasteiger partial charge in [-0.05, 0) is 47.8 Å². The highest BCUT2D eigenvalue weighted by Gasteiger charge is 2.18. The first-order chi connectivity index (χ1) is 12.0. The summed E-state index contributed by atoms with van der Waals surface area (Å²) in [5.41, 5.74) is 0. The second-order valence-electron chi connectivity index (χ2n) is 5.64. The van der Waals surface area contributed by atoms with Crippen LogP contribution in [0.4, 0.5) is 0 Å². The lowest BCUT2D eigenvalue weighted by molar-refractivity contribution is 0.250. The molecule has 2 heterocycles. The number of thiophene rings is 1. The quantitative estimate of drug-likeness (QED) is 0.564. The van der Waals surface area contributed by atoms with Gasteiger partial charge in [-0.25, -0.2) is 8.42 Å². The SMILES string of the molecule is O=S(=O)(CCN(Cc1ccco1)Cc1cccs1)c1ccc(Cl)cc1. The van der Waals surface area contributed by atoms with E-state index in [0.717, 1.165) is 5.76 Å². The van der Waals surface area contributed by atoms with E-state index in [9.17, 15) is 8.42 Å². The molecule has 0 spiro atoms. The van der Waals surface area contributed by atoms with Crippen molar-refractivity contribution in [1.29, 1.82) is 0 Å². The Hall–Kier alpha value is -1.60. The molecule has 1 aromatic carbocycles. The smallest absolute Gasteiger partial charge is 0.179 e. The average molecular weight is 396 g/mol. The summed E-state index contributed by atoms with van der Waals surface area (Å²) in [6.45, 7) is 1.68. The standard InChI is InChI=1S/C18H18ClNO3S2/c19-15-5-7-18(8-6-15)25(21,22)12-9-20(13-16-3-1-10-23-16)14-17-4-2-11-24-17/h1-8,10-11H,9,12-14H2. The number of halogens is 1. The number of benzene rings is 1. The first-order valence-corrected chi connectivity index (χ1v) is 10.7. The highest BCUT2D eigenvalue weighted by atomic mass is 35.5. The van der Waals surface area contributed by atoms with Crippen molar-refractivity contribution in [3.05, 3.63) is 75.8 Å². The van der Waals surface area contributed by atoms with Gasteiger partial charge in [0.05, 0.1) is 23.5 Å². The van der Waals surface area contributed by atoms with Crippen molar-refractivity contribution in [2.24, 2.45) is 0 Å². The Bertz CT molecular complexity index is 837. The molecule has 132 valence electrons. The van der Waals surface area contributed by atoms with Crippen molar-refractivity contribution >= 4 is 32.8 Å². The van der Waals surface area contributed by atoms with Crippen LogP contribution in [-0.2, 0) is 22.9 Å². The summed E-state index contributed by atoms with van der Waals surface area (Å²) in [7, 11) is -3.36. The van der Waals surface area contributed by atoms with Gasteiger partial charge < -0.3 is 4.42 Å². The van der Waals surface area contributed by atoms with Crippen LogP contribution in [0, 0.1) is 0 Å². The van der Waals surface area contributed by atoms with Crippen LogP contribution in [0.25, 0.3) is 0 Å². The summed E-state index contributed by atoms with van der Waals surface area (Å²) in [4.78, 5) is 3.57. The Labute approximate surface area is 156 Å². The van der Waals surface area contributed by atoms with Crippen molar-refractivity contribution in [3.63, 3.8) is 0 Å². The molecule has 0 aliphatic rings. The van der Waals surface area contributed by atoms with Crippen LogP contribution in [0.2, 0.25) is 5.02 Å². The molecule has 25 heavy (non-hydrogen) atoms. The lowest BCUT2D eigenvalue weighted by atomic mass is 10.3. The molecule has 0 atom stereocenters. The van der Waals surface area contributed by atoms with E-state index in [1.807, 2.05) is 29.6 Å². The van der Waals surface area contributed by atoms with Gasteiger partial charge in [-0.2, -0.15) is 0 Å².